The quantitative estimate of drug-likeness (QED) is 0.641. The van der Waals surface area contributed by atoms with E-state index in [1.54, 1.807) is 20.8 Å². The molecule has 1 fully saturated rings. The van der Waals surface area contributed by atoms with Crippen molar-refractivity contribution in [3.63, 3.8) is 0 Å². The molecule has 0 spiro atoms. The number of hydrogen-bond donors (Lipinski definition) is 0. The number of ether oxygens (including phenoxy) is 1. The highest BCUT2D eigenvalue weighted by molar-refractivity contribution is 5.11. The number of hydrogen-bond acceptors (Lipinski definition) is 1. The molecule has 2 aliphatic carbocycles. The molecule has 0 amide bonds. The van der Waals surface area contributed by atoms with E-state index >= 15 is 0 Å². The van der Waals surface area contributed by atoms with Crippen LogP contribution in [0.4, 0.5) is 8.78 Å². The van der Waals surface area contributed by atoms with Gasteiger partial charge in [0.1, 0.15) is 0 Å². The van der Waals surface area contributed by atoms with E-state index in [0.29, 0.717) is 12.3 Å². The lowest BCUT2D eigenvalue weighted by Gasteiger charge is -2.33. The Labute approximate surface area is 89.5 Å². The van der Waals surface area contributed by atoms with Crippen molar-refractivity contribution >= 4 is 0 Å². The molecule has 86 valence electrons. The predicted molar refractivity (Wildman–Crippen MR) is 54.6 cm³/mol. The van der Waals surface area contributed by atoms with E-state index in [2.05, 4.69) is 6.08 Å². The molecule has 0 aromatic carbocycles. The van der Waals surface area contributed by atoms with Crippen LogP contribution in [0.25, 0.3) is 0 Å². The van der Waals surface area contributed by atoms with Crippen LogP contribution in [-0.2, 0) is 4.74 Å². The van der Waals surface area contributed by atoms with Crippen molar-refractivity contribution in [1.29, 1.82) is 0 Å². The lowest BCUT2D eigenvalue weighted by molar-refractivity contribution is -0.314. The van der Waals surface area contributed by atoms with Crippen LogP contribution < -0.4 is 0 Å². The van der Waals surface area contributed by atoms with Crippen LogP contribution in [0, 0.1) is 17.8 Å². The predicted octanol–water partition coefficient (Wildman–Crippen LogP) is 3.61. The summed E-state index contributed by atoms with van der Waals surface area (Å²) in [4.78, 5) is 0. The number of allylic oxidation sites excluding steroid dienone is 2. The van der Waals surface area contributed by atoms with Gasteiger partial charge in [-0.1, -0.05) is 12.2 Å². The SMILES string of the molecule is CC(C)(C)OC(F)(F)C1CC2C=CC1C2. The summed E-state index contributed by atoms with van der Waals surface area (Å²) in [5.41, 5.74) is -0.783. The van der Waals surface area contributed by atoms with Crippen LogP contribution in [0.15, 0.2) is 12.2 Å². The molecule has 1 nitrogen and oxygen atoms in total. The van der Waals surface area contributed by atoms with Gasteiger partial charge >= 0.3 is 6.11 Å². The van der Waals surface area contributed by atoms with E-state index in [9.17, 15) is 8.78 Å². The minimum Gasteiger partial charge on any atom is -0.314 e. The number of alkyl halides is 2. The van der Waals surface area contributed by atoms with Crippen molar-refractivity contribution in [2.45, 2.75) is 45.3 Å². The Morgan fingerprint density at radius 1 is 1.13 bits per heavy atom. The molecule has 0 aromatic heterocycles. The normalized spacial score (nSPS) is 35.1. The topological polar surface area (TPSA) is 9.23 Å². The Kier molecular flexibility index (Phi) is 2.41. The first-order valence-electron chi connectivity index (χ1n) is 5.54. The maximum Gasteiger partial charge on any atom is 0.359 e. The zero-order valence-electron chi connectivity index (χ0n) is 9.47. The molecule has 0 saturated heterocycles. The molecule has 3 unspecified atom stereocenters. The third-order valence-corrected chi connectivity index (χ3v) is 3.15. The summed E-state index contributed by atoms with van der Waals surface area (Å²) in [5, 5.41) is 0. The van der Waals surface area contributed by atoms with E-state index in [1.165, 1.54) is 0 Å². The van der Waals surface area contributed by atoms with Gasteiger partial charge in [-0.3, -0.25) is 0 Å². The van der Waals surface area contributed by atoms with E-state index in [4.69, 9.17) is 4.74 Å². The van der Waals surface area contributed by atoms with Crippen LogP contribution >= 0.6 is 0 Å². The van der Waals surface area contributed by atoms with Crippen LogP contribution in [0.2, 0.25) is 0 Å². The van der Waals surface area contributed by atoms with Gasteiger partial charge in [-0.25, -0.2) is 0 Å². The Balaban J connectivity index is 2.06. The second kappa shape index (κ2) is 3.27. The molecule has 1 saturated carbocycles. The maximum atomic E-state index is 13.8. The van der Waals surface area contributed by atoms with Crippen molar-refractivity contribution in [3.05, 3.63) is 12.2 Å². The first kappa shape index (κ1) is 11.1. The lowest BCUT2D eigenvalue weighted by Crippen LogP contribution is -2.40. The van der Waals surface area contributed by atoms with Crippen LogP contribution in [-0.4, -0.2) is 11.7 Å². The molecule has 15 heavy (non-hydrogen) atoms. The first-order valence-corrected chi connectivity index (χ1v) is 5.54. The molecule has 0 radical (unpaired) electrons. The molecule has 0 aliphatic heterocycles. The first-order chi connectivity index (χ1) is 6.78. The Bertz CT molecular complexity index is 278. The van der Waals surface area contributed by atoms with Crippen LogP contribution in [0.3, 0.4) is 0 Å². The second-order valence-electron chi connectivity index (χ2n) is 5.66. The van der Waals surface area contributed by atoms with Gasteiger partial charge in [0.25, 0.3) is 0 Å². The zero-order chi connectivity index (χ0) is 11.3. The monoisotopic (exact) mass is 216 g/mol. The van der Waals surface area contributed by atoms with Crippen molar-refractivity contribution in [3.8, 4) is 0 Å². The summed E-state index contributed by atoms with van der Waals surface area (Å²) >= 11 is 0. The van der Waals surface area contributed by atoms with Crippen LogP contribution in [0.5, 0.6) is 0 Å². The van der Waals surface area contributed by atoms with E-state index in [0.717, 1.165) is 6.42 Å². The number of halogens is 2. The number of fused-ring (bicyclic) bond motifs is 2. The summed E-state index contributed by atoms with van der Waals surface area (Å²) in [6.07, 6.45) is 2.47. The minimum atomic E-state index is -2.98. The molecule has 0 N–H and O–H groups in total. The molecule has 2 bridgehead atoms. The van der Waals surface area contributed by atoms with Gasteiger partial charge < -0.3 is 4.74 Å². The molecular formula is C12H18F2O. The molecule has 3 atom stereocenters. The highest BCUT2D eigenvalue weighted by atomic mass is 19.3. The van der Waals surface area contributed by atoms with Crippen LogP contribution in [0.1, 0.15) is 33.6 Å². The van der Waals surface area contributed by atoms with Crippen molar-refractivity contribution in [1.82, 2.24) is 0 Å². The van der Waals surface area contributed by atoms with Gasteiger partial charge in [0.05, 0.1) is 11.5 Å². The highest BCUT2D eigenvalue weighted by Gasteiger charge is 2.52. The smallest absolute Gasteiger partial charge is 0.314 e. The van der Waals surface area contributed by atoms with Crippen molar-refractivity contribution in [2.75, 3.05) is 0 Å². The number of rotatable bonds is 2. The molecule has 2 aliphatic rings. The average Bonchev–Trinajstić information content (AvgIpc) is 2.58. The molecule has 0 heterocycles. The van der Waals surface area contributed by atoms with Gasteiger partial charge in [0.2, 0.25) is 0 Å². The standard InChI is InChI=1S/C12H18F2O/c1-11(2,3)15-12(13,14)10-7-8-4-5-9(10)6-8/h4-5,8-10H,6-7H2,1-3H3. The third kappa shape index (κ3) is 2.22. The largest absolute Gasteiger partial charge is 0.359 e. The van der Waals surface area contributed by atoms with Gasteiger partial charge in [-0.05, 0) is 45.4 Å². The molecular weight excluding hydrogens is 198 g/mol. The second-order valence-corrected chi connectivity index (χ2v) is 5.66. The van der Waals surface area contributed by atoms with Gasteiger partial charge in [-0.15, -0.1) is 0 Å². The molecule has 0 aromatic rings. The van der Waals surface area contributed by atoms with Gasteiger partial charge in [0.15, 0.2) is 0 Å². The maximum absolute atomic E-state index is 13.8. The summed E-state index contributed by atoms with van der Waals surface area (Å²) in [5.74, 6) is -0.242. The van der Waals surface area contributed by atoms with E-state index in [1.807, 2.05) is 6.08 Å². The summed E-state index contributed by atoms with van der Waals surface area (Å²) in [6.45, 7) is 5.01. The Morgan fingerprint density at radius 2 is 1.80 bits per heavy atom. The highest BCUT2D eigenvalue weighted by Crippen LogP contribution is 2.51. The fraction of sp³-hybridized carbons (Fsp3) is 0.833. The zero-order valence-corrected chi connectivity index (χ0v) is 9.47. The fourth-order valence-electron chi connectivity index (χ4n) is 2.65. The molecule has 3 heteroatoms. The Morgan fingerprint density at radius 3 is 2.20 bits per heavy atom. The molecule has 2 rings (SSSR count). The fourth-order valence-corrected chi connectivity index (χ4v) is 2.65. The van der Waals surface area contributed by atoms with E-state index in [-0.39, 0.29) is 5.92 Å². The minimum absolute atomic E-state index is 0.0207. The van der Waals surface area contributed by atoms with Gasteiger partial charge in [0, 0.05) is 0 Å². The van der Waals surface area contributed by atoms with E-state index < -0.39 is 17.6 Å². The summed E-state index contributed by atoms with van der Waals surface area (Å²) < 4.78 is 32.5. The van der Waals surface area contributed by atoms with Crippen molar-refractivity contribution < 1.29 is 13.5 Å². The summed E-state index contributed by atoms with van der Waals surface area (Å²) in [6, 6.07) is 0. The Hall–Kier alpha value is -0.440. The lowest BCUT2D eigenvalue weighted by atomic mass is 9.92. The van der Waals surface area contributed by atoms with Gasteiger partial charge in [-0.2, -0.15) is 8.78 Å². The third-order valence-electron chi connectivity index (χ3n) is 3.15. The van der Waals surface area contributed by atoms with Crippen molar-refractivity contribution in [2.24, 2.45) is 17.8 Å². The average molecular weight is 216 g/mol. The summed E-state index contributed by atoms with van der Waals surface area (Å²) in [7, 11) is 0.